The summed E-state index contributed by atoms with van der Waals surface area (Å²) in [5, 5.41) is 3.01. The van der Waals surface area contributed by atoms with Crippen molar-refractivity contribution in [1.29, 1.82) is 0 Å². The maximum absolute atomic E-state index is 12.4. The normalized spacial score (nSPS) is 15.9. The molecule has 1 atom stereocenters. The van der Waals surface area contributed by atoms with Crippen LogP contribution in [0.5, 0.6) is 11.5 Å². The smallest absolute Gasteiger partial charge is 0.225 e. The van der Waals surface area contributed by atoms with E-state index in [1.54, 1.807) is 14.2 Å². The van der Waals surface area contributed by atoms with Crippen molar-refractivity contribution in [3.63, 3.8) is 0 Å². The maximum atomic E-state index is 12.4. The number of anilines is 1. The number of rotatable bonds is 4. The highest BCUT2D eigenvalue weighted by Gasteiger charge is 2.33. The van der Waals surface area contributed by atoms with Crippen LogP contribution in [-0.2, 0) is 4.79 Å². The zero-order chi connectivity index (χ0) is 18.1. The number of nitrogens with one attached hydrogen (secondary N) is 1. The van der Waals surface area contributed by atoms with Gasteiger partial charge in [-0.25, -0.2) is 0 Å². The lowest BCUT2D eigenvalue weighted by Gasteiger charge is -2.25. The van der Waals surface area contributed by atoms with E-state index in [9.17, 15) is 4.79 Å². The lowest BCUT2D eigenvalue weighted by molar-refractivity contribution is -0.116. The van der Waals surface area contributed by atoms with Gasteiger partial charge >= 0.3 is 0 Å². The molecule has 1 aliphatic heterocycles. The fraction of sp³-hybridized carbons (Fsp3) is 0.200. The van der Waals surface area contributed by atoms with Gasteiger partial charge in [-0.05, 0) is 17.6 Å². The zero-order valence-electron chi connectivity index (χ0n) is 14.5. The summed E-state index contributed by atoms with van der Waals surface area (Å²) >= 11 is 1.42. The van der Waals surface area contributed by atoms with E-state index in [2.05, 4.69) is 9.69 Å². The van der Waals surface area contributed by atoms with Crippen molar-refractivity contribution >= 4 is 23.1 Å². The van der Waals surface area contributed by atoms with Gasteiger partial charge in [-0.15, -0.1) is 0 Å². The summed E-state index contributed by atoms with van der Waals surface area (Å²) in [6.07, 6.45) is 0.354. The van der Waals surface area contributed by atoms with Gasteiger partial charge in [0.1, 0.15) is 5.69 Å². The first-order valence-electron chi connectivity index (χ1n) is 8.28. The number of amides is 1. The molecule has 1 aliphatic rings. The van der Waals surface area contributed by atoms with Crippen molar-refractivity contribution in [1.82, 2.24) is 4.37 Å². The van der Waals surface area contributed by atoms with Gasteiger partial charge < -0.3 is 14.8 Å². The number of para-hydroxylation sites is 1. The molecule has 0 unspecified atom stereocenters. The second kappa shape index (κ2) is 6.80. The number of carbonyl (C=O) groups is 1. The average Bonchev–Trinajstić information content (AvgIpc) is 3.11. The predicted molar refractivity (Wildman–Crippen MR) is 102 cm³/mol. The fourth-order valence-corrected chi connectivity index (χ4v) is 4.32. The first-order chi connectivity index (χ1) is 12.7. The molecule has 0 saturated carbocycles. The monoisotopic (exact) mass is 366 g/mol. The number of hydrogen-bond donors (Lipinski definition) is 1. The van der Waals surface area contributed by atoms with Gasteiger partial charge in [0, 0.05) is 23.5 Å². The second-order valence-corrected chi connectivity index (χ2v) is 6.83. The van der Waals surface area contributed by atoms with Crippen LogP contribution in [0.3, 0.4) is 0 Å². The van der Waals surface area contributed by atoms with Crippen molar-refractivity contribution in [2.75, 3.05) is 19.5 Å². The van der Waals surface area contributed by atoms with E-state index >= 15 is 0 Å². The highest BCUT2D eigenvalue weighted by atomic mass is 32.1. The number of methoxy groups -OCH3 is 2. The van der Waals surface area contributed by atoms with Gasteiger partial charge in [0.25, 0.3) is 0 Å². The highest BCUT2D eigenvalue weighted by Crippen LogP contribution is 2.48. The van der Waals surface area contributed by atoms with Crippen LogP contribution >= 0.6 is 11.5 Å². The van der Waals surface area contributed by atoms with Crippen LogP contribution in [0.15, 0.2) is 48.5 Å². The Morgan fingerprint density at radius 1 is 1.08 bits per heavy atom. The predicted octanol–water partition coefficient (Wildman–Crippen LogP) is 4.30. The number of nitrogens with zero attached hydrogens (tertiary/aromatic N) is 1. The molecule has 5 nitrogen and oxygen atoms in total. The molecule has 0 radical (unpaired) electrons. The van der Waals surface area contributed by atoms with E-state index < -0.39 is 0 Å². The summed E-state index contributed by atoms with van der Waals surface area (Å²) in [7, 11) is 3.23. The second-order valence-electron chi connectivity index (χ2n) is 6.02. The Labute approximate surface area is 155 Å². The van der Waals surface area contributed by atoms with Crippen molar-refractivity contribution in [2.24, 2.45) is 0 Å². The summed E-state index contributed by atoms with van der Waals surface area (Å²) in [5.74, 6) is 1.18. The molecule has 2 aromatic carbocycles. The molecule has 132 valence electrons. The number of fused-ring (bicyclic) bond motifs is 1. The molecule has 4 rings (SSSR count). The molecule has 2 heterocycles. The van der Waals surface area contributed by atoms with Crippen molar-refractivity contribution < 1.29 is 14.3 Å². The number of benzene rings is 2. The van der Waals surface area contributed by atoms with Gasteiger partial charge in [-0.3, -0.25) is 4.79 Å². The Balaban J connectivity index is 1.85. The minimum absolute atomic E-state index is 0.0234. The summed E-state index contributed by atoms with van der Waals surface area (Å²) in [6.45, 7) is 0. The Kier molecular flexibility index (Phi) is 4.34. The molecule has 1 N–H and O–H groups in total. The van der Waals surface area contributed by atoms with Crippen LogP contribution in [0.1, 0.15) is 22.8 Å². The highest BCUT2D eigenvalue weighted by molar-refractivity contribution is 7.07. The molecular formula is C20H18N2O3S. The largest absolute Gasteiger partial charge is 0.493 e. The van der Waals surface area contributed by atoms with Gasteiger partial charge in [0.15, 0.2) is 11.5 Å². The molecule has 6 heteroatoms. The molecule has 1 amide bonds. The van der Waals surface area contributed by atoms with Crippen LogP contribution in [0.2, 0.25) is 0 Å². The first kappa shape index (κ1) is 16.6. The van der Waals surface area contributed by atoms with E-state index in [0.29, 0.717) is 17.9 Å². The topological polar surface area (TPSA) is 60.5 Å². The molecular weight excluding hydrogens is 348 g/mol. The zero-order valence-corrected chi connectivity index (χ0v) is 15.3. The minimum Gasteiger partial charge on any atom is -0.493 e. The van der Waals surface area contributed by atoms with E-state index in [1.807, 2.05) is 48.5 Å². The molecule has 0 aliphatic carbocycles. The van der Waals surface area contributed by atoms with Gasteiger partial charge in [-0.1, -0.05) is 42.5 Å². The Morgan fingerprint density at radius 2 is 1.88 bits per heavy atom. The van der Waals surface area contributed by atoms with Gasteiger partial charge in [0.2, 0.25) is 5.91 Å². The lowest BCUT2D eigenvalue weighted by Crippen LogP contribution is -2.22. The van der Waals surface area contributed by atoms with E-state index in [-0.39, 0.29) is 11.8 Å². The summed E-state index contributed by atoms with van der Waals surface area (Å²) < 4.78 is 15.6. The van der Waals surface area contributed by atoms with Crippen LogP contribution in [0.4, 0.5) is 5.69 Å². The maximum Gasteiger partial charge on any atom is 0.225 e. The minimum atomic E-state index is -0.112. The third-order valence-corrected chi connectivity index (χ3v) is 5.50. The van der Waals surface area contributed by atoms with Crippen molar-refractivity contribution in [3.05, 3.63) is 59.0 Å². The summed E-state index contributed by atoms with van der Waals surface area (Å²) in [5.41, 5.74) is 3.53. The Bertz CT molecular complexity index is 953. The van der Waals surface area contributed by atoms with E-state index in [1.165, 1.54) is 11.5 Å². The Hall–Kier alpha value is -2.86. The number of hydrogen-bond acceptors (Lipinski definition) is 5. The quantitative estimate of drug-likeness (QED) is 0.748. The number of aromatic nitrogens is 1. The van der Waals surface area contributed by atoms with Crippen LogP contribution < -0.4 is 14.8 Å². The SMILES string of the molecule is COc1cccc([C@H]2CC(=O)Nc3c(-c4ccccc4)nsc32)c1OC. The van der Waals surface area contributed by atoms with Crippen LogP contribution in [-0.4, -0.2) is 24.5 Å². The van der Waals surface area contributed by atoms with Crippen LogP contribution in [0.25, 0.3) is 11.3 Å². The van der Waals surface area contributed by atoms with E-state index in [0.717, 1.165) is 27.4 Å². The molecule has 26 heavy (non-hydrogen) atoms. The molecule has 3 aromatic rings. The Morgan fingerprint density at radius 3 is 2.62 bits per heavy atom. The lowest BCUT2D eigenvalue weighted by atomic mass is 9.88. The number of ether oxygens (including phenoxy) is 2. The molecule has 0 bridgehead atoms. The molecule has 0 spiro atoms. The van der Waals surface area contributed by atoms with Crippen molar-refractivity contribution in [3.8, 4) is 22.8 Å². The number of carbonyl (C=O) groups excluding carboxylic acids is 1. The van der Waals surface area contributed by atoms with Crippen LogP contribution in [0, 0.1) is 0 Å². The molecule has 0 saturated heterocycles. The third kappa shape index (κ3) is 2.72. The summed E-state index contributed by atoms with van der Waals surface area (Å²) in [6, 6.07) is 15.6. The first-order valence-corrected chi connectivity index (χ1v) is 9.06. The van der Waals surface area contributed by atoms with Gasteiger partial charge in [0.05, 0.1) is 24.8 Å². The standard InChI is InChI=1S/C20H18N2O3S/c1-24-15-10-6-9-13(19(15)25-2)14-11-16(23)21-18-17(22-26-20(14)18)12-7-4-3-5-8-12/h3-10,14H,11H2,1-2H3,(H,21,23)/t14-/m1/s1. The van der Waals surface area contributed by atoms with Crippen molar-refractivity contribution in [2.45, 2.75) is 12.3 Å². The van der Waals surface area contributed by atoms with Gasteiger partial charge in [-0.2, -0.15) is 4.37 Å². The molecule has 1 aromatic heterocycles. The average molecular weight is 366 g/mol. The third-order valence-electron chi connectivity index (χ3n) is 4.54. The van der Waals surface area contributed by atoms with E-state index in [4.69, 9.17) is 9.47 Å². The fourth-order valence-electron chi connectivity index (χ4n) is 3.36. The molecule has 0 fully saturated rings. The summed E-state index contributed by atoms with van der Waals surface area (Å²) in [4.78, 5) is 13.5.